The number of thiophene rings is 2. The van der Waals surface area contributed by atoms with Crippen LogP contribution in [0.5, 0.6) is 0 Å². The number of rotatable bonds is 11. The monoisotopic (exact) mass is 524 g/mol. The standard InChI is InChI=1S/C27H34ClFO3S2/c1-32-26(31)23-13-10-19(33-23)6-2-5-18-9-12-22(29)21(18)7-3-8-24(30)27(15-4-16-27)17-20-11-14-25(28)34-20/h3,7,10-11,13-14,18,21-22,24,30H,2,4-6,8-9,12,15-17H2,1H3/b7-3+/t18-,21?,22+,24?/m0/s1. The summed E-state index contributed by atoms with van der Waals surface area (Å²) in [6.07, 6.45) is 12.0. The van der Waals surface area contributed by atoms with E-state index in [4.69, 9.17) is 16.3 Å². The maximum Gasteiger partial charge on any atom is 0.348 e. The van der Waals surface area contributed by atoms with Crippen LogP contribution < -0.4 is 0 Å². The number of esters is 1. The van der Waals surface area contributed by atoms with Crippen molar-refractivity contribution >= 4 is 40.2 Å². The van der Waals surface area contributed by atoms with Crippen molar-refractivity contribution < 1.29 is 19.0 Å². The number of allylic oxidation sites excluding steroid dienone is 1. The van der Waals surface area contributed by atoms with Crippen LogP contribution in [0.2, 0.25) is 4.34 Å². The minimum absolute atomic E-state index is 0.0605. The van der Waals surface area contributed by atoms with Crippen molar-refractivity contribution in [3.8, 4) is 0 Å². The molecule has 1 N–H and O–H groups in total. The van der Waals surface area contributed by atoms with Crippen LogP contribution in [0.25, 0.3) is 0 Å². The van der Waals surface area contributed by atoms with Crippen molar-refractivity contribution in [2.24, 2.45) is 17.3 Å². The lowest BCUT2D eigenvalue weighted by molar-refractivity contribution is -0.0319. The Hall–Kier alpha value is -1.21. The highest BCUT2D eigenvalue weighted by atomic mass is 35.5. The third-order valence-corrected chi connectivity index (χ3v) is 10.1. The van der Waals surface area contributed by atoms with Crippen LogP contribution in [-0.4, -0.2) is 30.5 Å². The first-order chi connectivity index (χ1) is 16.4. The zero-order valence-electron chi connectivity index (χ0n) is 19.7. The minimum atomic E-state index is -0.794. The number of ether oxygens (including phenoxy) is 1. The van der Waals surface area contributed by atoms with Crippen molar-refractivity contribution in [2.45, 2.75) is 76.5 Å². The molecule has 3 nitrogen and oxygen atoms in total. The van der Waals surface area contributed by atoms with Gasteiger partial charge in [0.05, 0.1) is 17.6 Å². The molecule has 4 atom stereocenters. The molecule has 2 fully saturated rings. The third kappa shape index (κ3) is 6.13. The highest BCUT2D eigenvalue weighted by Crippen LogP contribution is 2.49. The average Bonchev–Trinajstić information content (AvgIpc) is 3.52. The van der Waals surface area contributed by atoms with Crippen LogP contribution in [0.1, 0.15) is 70.8 Å². The van der Waals surface area contributed by atoms with Crippen LogP contribution in [0, 0.1) is 17.3 Å². The summed E-state index contributed by atoms with van der Waals surface area (Å²) in [4.78, 5) is 14.7. The fourth-order valence-electron chi connectivity index (χ4n) is 5.60. The Balaban J connectivity index is 1.27. The van der Waals surface area contributed by atoms with Gasteiger partial charge < -0.3 is 9.84 Å². The van der Waals surface area contributed by atoms with E-state index in [0.29, 0.717) is 23.6 Å². The van der Waals surface area contributed by atoms with Gasteiger partial charge in [0.25, 0.3) is 0 Å². The van der Waals surface area contributed by atoms with Crippen molar-refractivity contribution in [1.29, 1.82) is 0 Å². The molecular weight excluding hydrogens is 491 g/mol. The predicted molar refractivity (Wildman–Crippen MR) is 139 cm³/mol. The molecule has 0 amide bonds. The molecule has 2 heterocycles. The average molecular weight is 525 g/mol. The van der Waals surface area contributed by atoms with E-state index >= 15 is 0 Å². The van der Waals surface area contributed by atoms with E-state index in [-0.39, 0.29) is 17.3 Å². The Kier molecular flexibility index (Phi) is 8.89. The van der Waals surface area contributed by atoms with Gasteiger partial charge in [-0.15, -0.1) is 22.7 Å². The first kappa shape index (κ1) is 25.9. The summed E-state index contributed by atoms with van der Waals surface area (Å²) < 4.78 is 20.2. The summed E-state index contributed by atoms with van der Waals surface area (Å²) in [5.41, 5.74) is -0.0630. The molecule has 2 unspecified atom stereocenters. The number of carbonyl (C=O) groups excluding carboxylic acids is 1. The smallest absolute Gasteiger partial charge is 0.348 e. The summed E-state index contributed by atoms with van der Waals surface area (Å²) in [5.74, 6) is -0.00784. The van der Waals surface area contributed by atoms with Crippen LogP contribution >= 0.6 is 34.3 Å². The van der Waals surface area contributed by atoms with Gasteiger partial charge in [0.1, 0.15) is 11.0 Å². The number of alkyl halides is 1. The molecule has 2 saturated carbocycles. The zero-order valence-corrected chi connectivity index (χ0v) is 22.1. The third-order valence-electron chi connectivity index (χ3n) is 7.75. The molecule has 2 aromatic rings. The quantitative estimate of drug-likeness (QED) is 0.242. The van der Waals surface area contributed by atoms with Gasteiger partial charge in [-0.05, 0) is 88.0 Å². The Morgan fingerprint density at radius 2 is 2.06 bits per heavy atom. The van der Waals surface area contributed by atoms with E-state index in [2.05, 4.69) is 6.07 Å². The molecule has 186 valence electrons. The molecule has 34 heavy (non-hydrogen) atoms. The van der Waals surface area contributed by atoms with Gasteiger partial charge in [-0.1, -0.05) is 30.2 Å². The second-order valence-corrected chi connectivity index (χ2v) is 12.8. The molecule has 0 radical (unpaired) electrons. The van der Waals surface area contributed by atoms with Gasteiger partial charge in [0, 0.05) is 21.1 Å². The van der Waals surface area contributed by atoms with Crippen LogP contribution in [0.3, 0.4) is 0 Å². The lowest BCUT2D eigenvalue weighted by atomic mass is 9.62. The highest BCUT2D eigenvalue weighted by molar-refractivity contribution is 7.16. The number of aliphatic hydroxyl groups is 1. The SMILES string of the molecule is COC(=O)c1ccc(CCC[C@H]2CC[C@@H](F)C2/C=C/CC(O)C2(Cc3ccc(Cl)s3)CCC2)s1. The van der Waals surface area contributed by atoms with E-state index in [1.54, 1.807) is 11.3 Å². The first-order valence-electron chi connectivity index (χ1n) is 12.3. The maximum absolute atomic E-state index is 14.7. The Bertz CT molecular complexity index is 980. The first-order valence-corrected chi connectivity index (χ1v) is 14.3. The van der Waals surface area contributed by atoms with Gasteiger partial charge in [-0.2, -0.15) is 0 Å². The van der Waals surface area contributed by atoms with E-state index in [1.807, 2.05) is 30.4 Å². The van der Waals surface area contributed by atoms with Gasteiger partial charge in [-0.3, -0.25) is 0 Å². The molecule has 0 saturated heterocycles. The number of methoxy groups -OCH3 is 1. The summed E-state index contributed by atoms with van der Waals surface area (Å²) in [6, 6.07) is 7.80. The molecular formula is C27H34ClFO3S2. The number of hydrogen-bond donors (Lipinski definition) is 1. The van der Waals surface area contributed by atoms with Gasteiger partial charge >= 0.3 is 5.97 Å². The van der Waals surface area contributed by atoms with Crippen LogP contribution in [0.15, 0.2) is 36.4 Å². The summed E-state index contributed by atoms with van der Waals surface area (Å²) in [6.45, 7) is 0. The minimum Gasteiger partial charge on any atom is -0.465 e. The Morgan fingerprint density at radius 1 is 1.26 bits per heavy atom. The lowest BCUT2D eigenvalue weighted by Crippen LogP contribution is -2.42. The normalized spacial score (nSPS) is 24.9. The van der Waals surface area contributed by atoms with Crippen molar-refractivity contribution in [3.63, 3.8) is 0 Å². The van der Waals surface area contributed by atoms with Gasteiger partial charge in [0.2, 0.25) is 0 Å². The molecule has 2 aromatic heterocycles. The van der Waals surface area contributed by atoms with Crippen LogP contribution in [0.4, 0.5) is 4.39 Å². The highest BCUT2D eigenvalue weighted by Gasteiger charge is 2.43. The predicted octanol–water partition coefficient (Wildman–Crippen LogP) is 7.66. The summed E-state index contributed by atoms with van der Waals surface area (Å²) in [5, 5.41) is 11.0. The van der Waals surface area contributed by atoms with Gasteiger partial charge in [0.15, 0.2) is 0 Å². The van der Waals surface area contributed by atoms with Crippen molar-refractivity contribution in [3.05, 3.63) is 55.4 Å². The fraction of sp³-hybridized carbons (Fsp3) is 0.593. The lowest BCUT2D eigenvalue weighted by Gasteiger charge is -2.45. The molecule has 7 heteroatoms. The molecule has 0 aliphatic heterocycles. The number of hydrogen-bond acceptors (Lipinski definition) is 5. The molecule has 2 aliphatic carbocycles. The molecule has 4 rings (SSSR count). The van der Waals surface area contributed by atoms with Crippen LogP contribution in [-0.2, 0) is 17.6 Å². The van der Waals surface area contributed by atoms with Crippen molar-refractivity contribution in [2.75, 3.05) is 7.11 Å². The van der Waals surface area contributed by atoms with E-state index in [1.165, 1.54) is 28.2 Å². The number of aryl methyl sites for hydroxylation is 1. The van der Waals surface area contributed by atoms with Crippen molar-refractivity contribution in [1.82, 2.24) is 0 Å². The molecule has 0 bridgehead atoms. The Morgan fingerprint density at radius 3 is 2.74 bits per heavy atom. The maximum atomic E-state index is 14.7. The molecule has 0 aromatic carbocycles. The number of aliphatic hydroxyl groups excluding tert-OH is 1. The van der Waals surface area contributed by atoms with E-state index < -0.39 is 12.3 Å². The zero-order chi connectivity index (χ0) is 24.1. The topological polar surface area (TPSA) is 46.5 Å². The van der Waals surface area contributed by atoms with E-state index in [0.717, 1.165) is 55.7 Å². The van der Waals surface area contributed by atoms with Gasteiger partial charge in [-0.25, -0.2) is 9.18 Å². The second-order valence-electron chi connectivity index (χ2n) is 9.86. The Labute approximate surface area is 215 Å². The second kappa shape index (κ2) is 11.7. The summed E-state index contributed by atoms with van der Waals surface area (Å²) in [7, 11) is 1.40. The number of halogens is 2. The fourth-order valence-corrected chi connectivity index (χ4v) is 7.81. The summed E-state index contributed by atoms with van der Waals surface area (Å²) >= 11 is 9.18. The molecule has 0 spiro atoms. The number of carbonyl (C=O) groups is 1. The van der Waals surface area contributed by atoms with E-state index in [9.17, 15) is 14.3 Å². The molecule has 2 aliphatic rings. The largest absolute Gasteiger partial charge is 0.465 e.